The number of amides is 1. The molecule has 1 aromatic rings. The van der Waals surface area contributed by atoms with Crippen molar-refractivity contribution in [3.8, 4) is 0 Å². The summed E-state index contributed by atoms with van der Waals surface area (Å²) in [4.78, 5) is 26.6. The summed E-state index contributed by atoms with van der Waals surface area (Å²) in [7, 11) is 1.91. The summed E-state index contributed by atoms with van der Waals surface area (Å²) in [6.45, 7) is 5.12. The molecule has 170 valence electrons. The Bertz CT molecular complexity index is 914. The van der Waals surface area contributed by atoms with Crippen LogP contribution in [0.3, 0.4) is 0 Å². The number of β-lactam (4-membered cyclic amide) rings is 1. The maximum absolute atomic E-state index is 12.5. The number of thioether (sulfide) groups is 1. The van der Waals surface area contributed by atoms with E-state index in [0.717, 1.165) is 36.7 Å². The summed E-state index contributed by atoms with van der Waals surface area (Å²) in [5.41, 5.74) is 0.0975. The highest BCUT2D eigenvalue weighted by Gasteiger charge is 2.60. The zero-order valence-corrected chi connectivity index (χ0v) is 18.9. The number of imidazole rings is 1. The Kier molecular flexibility index (Phi) is 6.17. The minimum atomic E-state index is -1.08. The lowest BCUT2D eigenvalue weighted by Gasteiger charge is -2.46. The van der Waals surface area contributed by atoms with E-state index in [1.54, 1.807) is 18.7 Å². The van der Waals surface area contributed by atoms with E-state index in [9.17, 15) is 24.9 Å². The van der Waals surface area contributed by atoms with Crippen molar-refractivity contribution in [2.75, 3.05) is 6.54 Å². The Morgan fingerprint density at radius 2 is 2.19 bits per heavy atom. The van der Waals surface area contributed by atoms with Gasteiger partial charge in [-0.05, 0) is 13.3 Å². The number of hydrogen-bond acceptors (Lipinski definition) is 6. The molecular formula is C21H31N4O5S+. The average Bonchev–Trinajstić information content (AvgIpc) is 3.36. The molecule has 0 radical (unpaired) electrons. The maximum Gasteiger partial charge on any atom is 0.353 e. The van der Waals surface area contributed by atoms with Crippen LogP contribution in [0.4, 0.5) is 0 Å². The number of fused-ring (bicyclic) bond motifs is 1. The van der Waals surface area contributed by atoms with Gasteiger partial charge in [0.15, 0.2) is 0 Å². The lowest BCUT2D eigenvalue weighted by Crippen LogP contribution is -2.63. The summed E-state index contributed by atoms with van der Waals surface area (Å²) in [5, 5.41) is 33.1. The van der Waals surface area contributed by atoms with Gasteiger partial charge in [0, 0.05) is 35.1 Å². The number of carbonyl (C=O) groups excluding carboxylic acids is 1. The highest BCUT2D eigenvalue weighted by molar-refractivity contribution is 8.03. The predicted molar refractivity (Wildman–Crippen MR) is 114 cm³/mol. The summed E-state index contributed by atoms with van der Waals surface area (Å²) < 4.78 is 3.96. The number of carboxylic acid groups (broad SMARTS) is 1. The number of aliphatic hydroxyl groups excluding tert-OH is 2. The molecule has 0 bridgehead atoms. The van der Waals surface area contributed by atoms with Crippen molar-refractivity contribution in [2.24, 2.45) is 18.9 Å². The second-order valence-corrected chi connectivity index (χ2v) is 10.2. The fraction of sp³-hybridized carbons (Fsp3) is 0.667. The smallest absolute Gasteiger partial charge is 0.353 e. The number of nitrogens with one attached hydrogen (secondary N) is 1. The van der Waals surface area contributed by atoms with Gasteiger partial charge in [-0.2, -0.15) is 0 Å². The number of aliphatic carboxylic acids is 1. The average molecular weight is 452 g/mol. The third-order valence-electron chi connectivity index (χ3n) is 6.86. The first-order valence-corrected chi connectivity index (χ1v) is 11.7. The van der Waals surface area contributed by atoms with E-state index in [0.29, 0.717) is 6.04 Å². The number of aromatic nitrogens is 2. The number of hydrogen-bond donors (Lipinski definition) is 4. The molecule has 2 fully saturated rings. The van der Waals surface area contributed by atoms with Gasteiger partial charge in [-0.3, -0.25) is 4.79 Å². The summed E-state index contributed by atoms with van der Waals surface area (Å²) in [6, 6.07) is 0.0452. The van der Waals surface area contributed by atoms with Gasteiger partial charge in [-0.1, -0.05) is 6.92 Å². The van der Waals surface area contributed by atoms with E-state index in [-0.39, 0.29) is 35.4 Å². The van der Waals surface area contributed by atoms with Crippen molar-refractivity contribution >= 4 is 23.6 Å². The molecule has 0 aliphatic carbocycles. The first-order chi connectivity index (χ1) is 14.7. The van der Waals surface area contributed by atoms with Crippen molar-refractivity contribution in [3.63, 3.8) is 0 Å². The predicted octanol–water partition coefficient (Wildman–Crippen LogP) is -0.188. The first-order valence-electron chi connectivity index (χ1n) is 10.8. The minimum Gasteiger partial charge on any atom is -0.477 e. The fourth-order valence-corrected chi connectivity index (χ4v) is 6.72. The Balaban J connectivity index is 1.40. The van der Waals surface area contributed by atoms with Gasteiger partial charge >= 0.3 is 5.97 Å². The molecule has 9 nitrogen and oxygen atoms in total. The van der Waals surface area contributed by atoms with Crippen molar-refractivity contribution in [1.82, 2.24) is 14.8 Å². The summed E-state index contributed by atoms with van der Waals surface area (Å²) in [6.07, 6.45) is 4.94. The second-order valence-electron chi connectivity index (χ2n) is 8.82. The van der Waals surface area contributed by atoms with Gasteiger partial charge in [0.1, 0.15) is 24.7 Å². The zero-order chi connectivity index (χ0) is 22.4. The maximum atomic E-state index is 12.5. The number of nitrogens with zero attached hydrogens (tertiary/aromatic N) is 3. The third-order valence-corrected chi connectivity index (χ3v) is 8.37. The molecule has 31 heavy (non-hydrogen) atoms. The molecule has 6 atom stereocenters. The van der Waals surface area contributed by atoms with E-state index in [2.05, 4.69) is 9.88 Å². The van der Waals surface area contributed by atoms with E-state index < -0.39 is 18.0 Å². The van der Waals surface area contributed by atoms with Crippen molar-refractivity contribution in [3.05, 3.63) is 28.8 Å². The zero-order valence-electron chi connectivity index (χ0n) is 18.1. The normalized spacial score (nSPS) is 31.2. The lowest BCUT2D eigenvalue weighted by molar-refractivity contribution is -0.680. The number of carbonyl (C=O) groups is 2. The molecule has 0 unspecified atom stereocenters. The van der Waals surface area contributed by atoms with Gasteiger partial charge in [0.2, 0.25) is 5.91 Å². The quantitative estimate of drug-likeness (QED) is 0.320. The Labute approximate surface area is 185 Å². The number of aryl methyl sites for hydroxylation is 2. The minimum absolute atomic E-state index is 0.00603. The highest BCUT2D eigenvalue weighted by Crippen LogP contribution is 2.51. The van der Waals surface area contributed by atoms with Crippen LogP contribution in [0.15, 0.2) is 23.0 Å². The SMILES string of the molecule is C[C@@H](O)[C@H]1C(=O)N2C(C(=O)O)=C(S[C@@H]3CN[C@H](CCn4cc[n+](C)c4CO)C3)[C@H](C)[C@H]12. The van der Waals surface area contributed by atoms with Crippen molar-refractivity contribution in [2.45, 2.75) is 63.3 Å². The fourth-order valence-electron chi connectivity index (χ4n) is 5.21. The largest absolute Gasteiger partial charge is 0.477 e. The van der Waals surface area contributed by atoms with Gasteiger partial charge < -0.3 is 25.5 Å². The van der Waals surface area contributed by atoms with Crippen LogP contribution in [0.2, 0.25) is 0 Å². The molecule has 1 aromatic heterocycles. The van der Waals surface area contributed by atoms with Crippen LogP contribution in [-0.4, -0.2) is 66.6 Å². The van der Waals surface area contributed by atoms with Crippen molar-refractivity contribution < 1.29 is 29.5 Å². The van der Waals surface area contributed by atoms with Crippen LogP contribution in [-0.2, 0) is 29.8 Å². The monoisotopic (exact) mass is 451 g/mol. The molecule has 3 aliphatic heterocycles. The Hall–Kier alpha value is -1.88. The second kappa shape index (κ2) is 8.57. The molecule has 0 saturated carbocycles. The van der Waals surface area contributed by atoms with Gasteiger partial charge in [-0.15, -0.1) is 11.8 Å². The molecule has 3 aliphatic rings. The summed E-state index contributed by atoms with van der Waals surface area (Å²) >= 11 is 1.57. The number of carboxylic acids is 1. The molecular weight excluding hydrogens is 420 g/mol. The van der Waals surface area contributed by atoms with Gasteiger partial charge in [0.05, 0.1) is 31.7 Å². The van der Waals surface area contributed by atoms with Crippen molar-refractivity contribution in [1.29, 1.82) is 0 Å². The van der Waals surface area contributed by atoms with Crippen LogP contribution in [0, 0.1) is 11.8 Å². The molecule has 0 aromatic carbocycles. The Morgan fingerprint density at radius 1 is 1.45 bits per heavy atom. The highest BCUT2D eigenvalue weighted by atomic mass is 32.2. The topological polar surface area (TPSA) is 119 Å². The molecule has 2 saturated heterocycles. The molecule has 4 N–H and O–H groups in total. The lowest BCUT2D eigenvalue weighted by atomic mass is 9.79. The molecule has 10 heteroatoms. The van der Waals surface area contributed by atoms with Crippen LogP contribution in [0.1, 0.15) is 32.5 Å². The molecule has 1 amide bonds. The van der Waals surface area contributed by atoms with E-state index in [4.69, 9.17) is 0 Å². The Morgan fingerprint density at radius 3 is 2.84 bits per heavy atom. The molecule has 4 heterocycles. The van der Waals surface area contributed by atoms with Crippen LogP contribution < -0.4 is 9.88 Å². The first kappa shape index (κ1) is 22.3. The third kappa shape index (κ3) is 3.79. The van der Waals surface area contributed by atoms with Gasteiger partial charge in [-0.25, -0.2) is 13.9 Å². The van der Waals surface area contributed by atoms with Crippen LogP contribution in [0.5, 0.6) is 0 Å². The molecule has 0 spiro atoms. The van der Waals surface area contributed by atoms with Crippen LogP contribution >= 0.6 is 11.8 Å². The summed E-state index contributed by atoms with van der Waals surface area (Å²) in [5.74, 6) is -1.13. The number of rotatable bonds is 8. The van der Waals surface area contributed by atoms with E-state index >= 15 is 0 Å². The number of aliphatic hydroxyl groups is 2. The van der Waals surface area contributed by atoms with Gasteiger partial charge in [0.25, 0.3) is 5.82 Å². The standard InChI is InChI=1S/C21H30N4O5S/c1-11-17-16(12(2)27)20(28)25(17)18(21(29)30)19(11)31-14-8-13(22-9-14)4-5-24-7-6-23(3)15(24)10-26/h6-7,11-14,16-17,22,26-27H,4-5,8-10H2,1-3H3/p+1/t11-,12-,13-,14+,16-,17-/m1/s1. The molecule has 4 rings (SSSR count). The van der Waals surface area contributed by atoms with Crippen LogP contribution in [0.25, 0.3) is 0 Å². The van der Waals surface area contributed by atoms with E-state index in [1.807, 2.05) is 30.9 Å². The van der Waals surface area contributed by atoms with E-state index in [1.165, 1.54) is 4.90 Å².